The van der Waals surface area contributed by atoms with Gasteiger partial charge in [0.05, 0.1) is 15.8 Å². The van der Waals surface area contributed by atoms with Crippen molar-refractivity contribution < 1.29 is 14.3 Å². The van der Waals surface area contributed by atoms with Crippen LogP contribution in [0.3, 0.4) is 0 Å². The number of hydrogen-bond donors (Lipinski definition) is 0. The average Bonchev–Trinajstić information content (AvgIpc) is 2.95. The molecule has 0 N–H and O–H groups in total. The van der Waals surface area contributed by atoms with Gasteiger partial charge < -0.3 is 4.74 Å². The Balaban J connectivity index is 1.84. The molecule has 2 amide bonds. The molecular formula is C21H17BrN2O3. The van der Waals surface area contributed by atoms with E-state index in [0.29, 0.717) is 29.2 Å². The lowest BCUT2D eigenvalue weighted by Crippen LogP contribution is -2.29. The van der Waals surface area contributed by atoms with E-state index in [1.54, 1.807) is 49.4 Å². The summed E-state index contributed by atoms with van der Waals surface area (Å²) in [7, 11) is 0. The van der Waals surface area contributed by atoms with E-state index < -0.39 is 11.8 Å². The summed E-state index contributed by atoms with van der Waals surface area (Å²) >= 11 is 3.45. The van der Waals surface area contributed by atoms with Gasteiger partial charge in [-0.2, -0.15) is 10.1 Å². The lowest BCUT2D eigenvalue weighted by atomic mass is 10.1. The van der Waals surface area contributed by atoms with Crippen molar-refractivity contribution in [1.82, 2.24) is 5.01 Å². The molecule has 0 aromatic heterocycles. The molecule has 27 heavy (non-hydrogen) atoms. The van der Waals surface area contributed by atoms with E-state index in [0.717, 1.165) is 15.0 Å². The minimum atomic E-state index is -0.447. The van der Waals surface area contributed by atoms with Gasteiger partial charge in [-0.05, 0) is 58.8 Å². The number of rotatable bonds is 5. The second-order valence-electron chi connectivity index (χ2n) is 5.82. The minimum Gasteiger partial charge on any atom is -0.488 e. The van der Waals surface area contributed by atoms with Crippen LogP contribution in [0.2, 0.25) is 0 Å². The Morgan fingerprint density at radius 1 is 1.26 bits per heavy atom. The average molecular weight is 425 g/mol. The number of benzene rings is 2. The molecular weight excluding hydrogens is 408 g/mol. The highest BCUT2D eigenvalue weighted by Crippen LogP contribution is 2.28. The van der Waals surface area contributed by atoms with Gasteiger partial charge >= 0.3 is 0 Å². The summed E-state index contributed by atoms with van der Waals surface area (Å²) in [5, 5.41) is 5.05. The fraction of sp³-hybridized carbons (Fsp3) is 0.0952. The maximum absolute atomic E-state index is 12.7. The van der Waals surface area contributed by atoms with Crippen molar-refractivity contribution in [1.29, 1.82) is 0 Å². The van der Waals surface area contributed by atoms with Gasteiger partial charge in [0.25, 0.3) is 11.8 Å². The molecule has 3 rings (SSSR count). The van der Waals surface area contributed by atoms with Crippen molar-refractivity contribution in [2.75, 3.05) is 6.61 Å². The molecule has 1 heterocycles. The number of ether oxygens (including phenoxy) is 1. The molecule has 0 bridgehead atoms. The first kappa shape index (κ1) is 18.8. The molecule has 0 saturated carbocycles. The summed E-state index contributed by atoms with van der Waals surface area (Å²) in [6.07, 6.45) is 3.37. The molecule has 0 saturated heterocycles. The summed E-state index contributed by atoms with van der Waals surface area (Å²) in [5.74, 6) is -0.205. The van der Waals surface area contributed by atoms with Crippen LogP contribution in [0.25, 0.3) is 6.08 Å². The second-order valence-corrected chi connectivity index (χ2v) is 6.68. The topological polar surface area (TPSA) is 59.0 Å². The van der Waals surface area contributed by atoms with Gasteiger partial charge in [0.1, 0.15) is 12.4 Å². The molecule has 0 radical (unpaired) electrons. The maximum atomic E-state index is 12.7. The van der Waals surface area contributed by atoms with Crippen molar-refractivity contribution in [3.05, 3.63) is 82.4 Å². The van der Waals surface area contributed by atoms with Gasteiger partial charge in [0.2, 0.25) is 0 Å². The van der Waals surface area contributed by atoms with E-state index in [1.807, 2.05) is 18.2 Å². The monoisotopic (exact) mass is 424 g/mol. The van der Waals surface area contributed by atoms with Crippen molar-refractivity contribution in [3.8, 4) is 5.75 Å². The van der Waals surface area contributed by atoms with Gasteiger partial charge in [-0.25, -0.2) is 0 Å². The van der Waals surface area contributed by atoms with E-state index >= 15 is 0 Å². The molecule has 5 nitrogen and oxygen atoms in total. The van der Waals surface area contributed by atoms with E-state index in [1.165, 1.54) is 0 Å². The highest BCUT2D eigenvalue weighted by Gasteiger charge is 2.32. The van der Waals surface area contributed by atoms with E-state index in [2.05, 4.69) is 27.6 Å². The van der Waals surface area contributed by atoms with Crippen LogP contribution in [0.1, 0.15) is 22.8 Å². The van der Waals surface area contributed by atoms with Gasteiger partial charge in [0, 0.05) is 5.56 Å². The normalized spacial score (nSPS) is 15.0. The van der Waals surface area contributed by atoms with Gasteiger partial charge in [-0.15, -0.1) is 0 Å². The molecule has 136 valence electrons. The van der Waals surface area contributed by atoms with Crippen LogP contribution in [-0.4, -0.2) is 29.1 Å². The van der Waals surface area contributed by atoms with Crippen LogP contribution < -0.4 is 4.74 Å². The molecule has 1 aliphatic heterocycles. The largest absolute Gasteiger partial charge is 0.488 e. The number of imide groups is 1. The molecule has 2 aromatic rings. The quantitative estimate of drug-likeness (QED) is 0.404. The number of amides is 2. The number of hydrazone groups is 1. The first-order chi connectivity index (χ1) is 13.0. The third-order valence-electron chi connectivity index (χ3n) is 3.90. The summed E-state index contributed by atoms with van der Waals surface area (Å²) < 4.78 is 6.28. The van der Waals surface area contributed by atoms with Crippen molar-refractivity contribution >= 4 is 39.5 Å². The molecule has 0 aliphatic carbocycles. The molecule has 0 atom stereocenters. The molecule has 0 spiro atoms. The van der Waals surface area contributed by atoms with Crippen LogP contribution in [0.15, 0.2) is 76.3 Å². The molecule has 6 heteroatoms. The van der Waals surface area contributed by atoms with Gasteiger partial charge in [-0.1, -0.05) is 36.9 Å². The fourth-order valence-electron chi connectivity index (χ4n) is 2.56. The van der Waals surface area contributed by atoms with Crippen LogP contribution in [0.5, 0.6) is 5.75 Å². The zero-order chi connectivity index (χ0) is 19.4. The first-order valence-electron chi connectivity index (χ1n) is 8.25. The van der Waals surface area contributed by atoms with E-state index in [9.17, 15) is 9.59 Å². The van der Waals surface area contributed by atoms with Gasteiger partial charge in [0.15, 0.2) is 0 Å². The first-order valence-corrected chi connectivity index (χ1v) is 9.05. The lowest BCUT2D eigenvalue weighted by molar-refractivity contribution is -0.123. The Morgan fingerprint density at radius 2 is 2.00 bits per heavy atom. The smallest absolute Gasteiger partial charge is 0.283 e. The number of nitrogens with zero attached hydrogens (tertiary/aromatic N) is 2. The highest BCUT2D eigenvalue weighted by molar-refractivity contribution is 9.10. The molecule has 0 unspecified atom stereocenters. The van der Waals surface area contributed by atoms with Crippen molar-refractivity contribution in [3.63, 3.8) is 0 Å². The Bertz CT molecular complexity index is 965. The zero-order valence-electron chi connectivity index (χ0n) is 14.7. The van der Waals surface area contributed by atoms with Crippen LogP contribution in [0.4, 0.5) is 0 Å². The minimum absolute atomic E-state index is 0.381. The summed E-state index contributed by atoms with van der Waals surface area (Å²) in [6, 6.07) is 14.1. The second kappa shape index (κ2) is 8.14. The lowest BCUT2D eigenvalue weighted by Gasteiger charge is -2.10. The fourth-order valence-corrected chi connectivity index (χ4v) is 3.08. The van der Waals surface area contributed by atoms with Crippen molar-refractivity contribution in [2.24, 2.45) is 5.10 Å². The summed E-state index contributed by atoms with van der Waals surface area (Å²) in [4.78, 5) is 25.2. The molecule has 1 aliphatic rings. The number of hydrogen-bond acceptors (Lipinski definition) is 4. The van der Waals surface area contributed by atoms with Crippen molar-refractivity contribution in [2.45, 2.75) is 6.92 Å². The predicted molar refractivity (Wildman–Crippen MR) is 109 cm³/mol. The molecule has 0 fully saturated rings. The SMILES string of the molecule is C=CCOc1ccc(/C=C2/C(=O)N(C(=O)c3ccccc3)N=C2C)cc1Br. The van der Waals surface area contributed by atoms with Crippen LogP contribution >= 0.6 is 15.9 Å². The molecule has 2 aromatic carbocycles. The summed E-state index contributed by atoms with van der Waals surface area (Å²) in [5.41, 5.74) is 2.08. The third-order valence-corrected chi connectivity index (χ3v) is 4.52. The third kappa shape index (κ3) is 4.06. The Labute approximate surface area is 165 Å². The zero-order valence-corrected chi connectivity index (χ0v) is 16.3. The van der Waals surface area contributed by atoms with Gasteiger partial charge in [-0.3, -0.25) is 9.59 Å². The van der Waals surface area contributed by atoms with E-state index in [-0.39, 0.29) is 0 Å². The highest BCUT2D eigenvalue weighted by atomic mass is 79.9. The Hall–Kier alpha value is -2.99. The number of halogens is 1. The number of carbonyl (C=O) groups excluding carboxylic acids is 2. The van der Waals surface area contributed by atoms with Crippen LogP contribution in [-0.2, 0) is 4.79 Å². The predicted octanol–water partition coefficient (Wildman–Crippen LogP) is 4.46. The Morgan fingerprint density at radius 3 is 2.67 bits per heavy atom. The van der Waals surface area contributed by atoms with E-state index in [4.69, 9.17) is 4.74 Å². The Kier molecular flexibility index (Phi) is 5.66. The number of carbonyl (C=O) groups is 2. The van der Waals surface area contributed by atoms with Crippen LogP contribution in [0, 0.1) is 0 Å². The standard InChI is InChI=1S/C21H17BrN2O3/c1-3-11-27-19-10-9-15(13-18(19)22)12-17-14(2)23-24(21(17)26)20(25)16-7-5-4-6-8-16/h3-10,12-13H,1,11H2,2H3/b17-12+. The summed E-state index contributed by atoms with van der Waals surface area (Å²) in [6.45, 7) is 5.73. The maximum Gasteiger partial charge on any atom is 0.283 e.